The van der Waals surface area contributed by atoms with Crippen molar-refractivity contribution in [3.05, 3.63) is 202 Å². The summed E-state index contributed by atoms with van der Waals surface area (Å²) in [7, 11) is 0. The zero-order chi connectivity index (χ0) is 49.6. The van der Waals surface area contributed by atoms with Gasteiger partial charge in [-0.15, -0.1) is 0 Å². The van der Waals surface area contributed by atoms with Crippen molar-refractivity contribution in [1.29, 1.82) is 0 Å². The molecule has 3 aliphatic carbocycles. The lowest BCUT2D eigenvalue weighted by Gasteiger charge is -2.31. The second-order valence-corrected chi connectivity index (χ2v) is 23.2. The molecule has 0 aliphatic heterocycles. The van der Waals surface area contributed by atoms with Crippen molar-refractivity contribution in [2.45, 2.75) is 129 Å². The lowest BCUT2D eigenvalue weighted by atomic mass is 9.72. The Morgan fingerprint density at radius 1 is 0.306 bits per heavy atom. The summed E-state index contributed by atoms with van der Waals surface area (Å²) in [6.07, 6.45) is 6.43. The van der Waals surface area contributed by atoms with Crippen LogP contribution in [-0.4, -0.2) is 0 Å². The monoisotopic (exact) mass is 933 g/mol. The van der Waals surface area contributed by atoms with E-state index in [1.807, 2.05) is 0 Å². The van der Waals surface area contributed by atoms with Gasteiger partial charge in [0.2, 0.25) is 0 Å². The smallest absolute Gasteiger partial charge is 0.0210 e. The first-order chi connectivity index (χ1) is 34.8. The van der Waals surface area contributed by atoms with Crippen molar-refractivity contribution in [2.24, 2.45) is 0 Å². The van der Waals surface area contributed by atoms with Gasteiger partial charge in [-0.05, 0) is 219 Å². The zero-order valence-electron chi connectivity index (χ0n) is 44.3. The molecule has 0 saturated carbocycles. The Balaban J connectivity index is 0.868. The highest BCUT2D eigenvalue weighted by Gasteiger charge is 2.44. The van der Waals surface area contributed by atoms with Crippen LogP contribution in [0, 0.1) is 6.92 Å². The first kappa shape index (κ1) is 45.1. The second kappa shape index (κ2) is 15.9. The summed E-state index contributed by atoms with van der Waals surface area (Å²) in [5.41, 5.74) is 28.1. The van der Waals surface area contributed by atoms with E-state index < -0.39 is 0 Å². The third kappa shape index (κ3) is 5.99. The molecule has 0 saturated heterocycles. The van der Waals surface area contributed by atoms with Crippen molar-refractivity contribution < 1.29 is 0 Å². The number of benzene rings is 10. The minimum atomic E-state index is -0.0724. The van der Waals surface area contributed by atoms with E-state index in [4.69, 9.17) is 0 Å². The topological polar surface area (TPSA) is 0 Å². The highest BCUT2D eigenvalue weighted by molar-refractivity contribution is 6.25. The molecule has 0 spiro atoms. The summed E-state index contributed by atoms with van der Waals surface area (Å²) in [4.78, 5) is 0. The predicted octanol–water partition coefficient (Wildman–Crippen LogP) is 20.5. The van der Waals surface area contributed by atoms with Crippen LogP contribution in [0.25, 0.3) is 99.1 Å². The van der Waals surface area contributed by atoms with Gasteiger partial charge in [0.15, 0.2) is 0 Å². The number of fused-ring (bicyclic) bond motifs is 9. The lowest BCUT2D eigenvalue weighted by molar-refractivity contribution is 0.490. The van der Waals surface area contributed by atoms with Crippen LogP contribution < -0.4 is 0 Å². The maximum Gasteiger partial charge on any atom is 0.0210 e. The molecule has 10 aromatic rings. The van der Waals surface area contributed by atoms with Crippen molar-refractivity contribution in [3.8, 4) is 66.8 Å². The van der Waals surface area contributed by atoms with Crippen LogP contribution in [0.4, 0.5) is 0 Å². The molecule has 0 amide bonds. The van der Waals surface area contributed by atoms with E-state index in [0.29, 0.717) is 0 Å². The molecule has 0 aromatic heterocycles. The number of rotatable bonds is 9. The minimum Gasteiger partial charge on any atom is -0.0642 e. The molecule has 356 valence electrons. The van der Waals surface area contributed by atoms with Gasteiger partial charge < -0.3 is 0 Å². The van der Waals surface area contributed by atoms with Crippen LogP contribution in [0.2, 0.25) is 0 Å². The standard InChI is InChI=1S/C72H68/c1-11-70(12-2)61-35-43(7)17-27-54(61)55-29-21-45(38-62(55)70)46-22-30-56-57-31-23-47(40-64(57)71(13-3,14-4)63(56)39-46)48-24-32-58-59-33-25-49(42-66(59)72(15-5,16-6)65(58)41-48)53-28-20-44-18-19-50-36-52(69(8,9)10)37-51-26-34-60(53)68(44)67(50)51/h17-42H,11-16H2,1-10H3. The van der Waals surface area contributed by atoms with E-state index in [-0.39, 0.29) is 21.7 Å². The fraction of sp³-hybridized carbons (Fsp3) is 0.278. The fourth-order valence-electron chi connectivity index (χ4n) is 15.0. The first-order valence-corrected chi connectivity index (χ1v) is 27.4. The number of aryl methyl sites for hydroxylation is 1. The Labute approximate surface area is 428 Å². The zero-order valence-corrected chi connectivity index (χ0v) is 44.3. The quantitative estimate of drug-likeness (QED) is 0.127. The maximum absolute atomic E-state index is 2.58. The van der Waals surface area contributed by atoms with Gasteiger partial charge in [0.1, 0.15) is 0 Å². The van der Waals surface area contributed by atoms with Gasteiger partial charge in [-0.3, -0.25) is 0 Å². The van der Waals surface area contributed by atoms with E-state index in [1.165, 1.54) is 144 Å². The van der Waals surface area contributed by atoms with Crippen molar-refractivity contribution >= 4 is 32.3 Å². The van der Waals surface area contributed by atoms with Crippen LogP contribution in [0.3, 0.4) is 0 Å². The third-order valence-corrected chi connectivity index (χ3v) is 19.3. The SMILES string of the molecule is CCC1(CC)c2cc(C)ccc2-c2ccc(-c3ccc4c(c3)C(CC)(CC)c3cc(-c5ccc6c(c5)C(CC)(CC)c5cc(-c7ccc8ccc9cc(C(C)(C)C)cc%10ccc7c8c9%10)ccc5-6)ccc3-4)cc21. The van der Waals surface area contributed by atoms with Gasteiger partial charge in [0.05, 0.1) is 0 Å². The molecule has 0 unspecified atom stereocenters. The average molecular weight is 933 g/mol. The Bertz CT molecular complexity index is 3850. The summed E-state index contributed by atoms with van der Waals surface area (Å²) in [5, 5.41) is 8.11. The molecular weight excluding hydrogens is 865 g/mol. The minimum absolute atomic E-state index is 0.0490. The Morgan fingerprint density at radius 3 is 1.03 bits per heavy atom. The molecule has 13 rings (SSSR count). The summed E-state index contributed by atoms with van der Waals surface area (Å²) in [6.45, 7) is 23.6. The first-order valence-electron chi connectivity index (χ1n) is 27.4. The van der Waals surface area contributed by atoms with Crippen molar-refractivity contribution in [3.63, 3.8) is 0 Å². The molecule has 0 atom stereocenters. The molecule has 72 heavy (non-hydrogen) atoms. The largest absolute Gasteiger partial charge is 0.0642 e. The predicted molar refractivity (Wildman–Crippen MR) is 310 cm³/mol. The highest BCUT2D eigenvalue weighted by Crippen LogP contribution is 2.58. The molecule has 10 aromatic carbocycles. The second-order valence-electron chi connectivity index (χ2n) is 23.2. The summed E-state index contributed by atoms with van der Waals surface area (Å²) < 4.78 is 0. The Morgan fingerprint density at radius 2 is 0.625 bits per heavy atom. The van der Waals surface area contributed by atoms with Gasteiger partial charge in [0, 0.05) is 16.2 Å². The molecule has 0 heteroatoms. The molecule has 0 nitrogen and oxygen atoms in total. The maximum atomic E-state index is 2.58. The molecule has 0 bridgehead atoms. The van der Waals surface area contributed by atoms with Gasteiger partial charge in [0.25, 0.3) is 0 Å². The van der Waals surface area contributed by atoms with Crippen LogP contribution in [0.5, 0.6) is 0 Å². The molecule has 0 fully saturated rings. The summed E-state index contributed by atoms with van der Waals surface area (Å²) in [6, 6.07) is 63.1. The highest BCUT2D eigenvalue weighted by atomic mass is 14.5. The van der Waals surface area contributed by atoms with Crippen molar-refractivity contribution in [2.75, 3.05) is 0 Å². The Hall–Kier alpha value is -6.76. The van der Waals surface area contributed by atoms with Gasteiger partial charge >= 0.3 is 0 Å². The molecule has 0 N–H and O–H groups in total. The normalized spacial score (nSPS) is 15.5. The fourth-order valence-corrected chi connectivity index (χ4v) is 15.0. The van der Waals surface area contributed by atoms with Crippen LogP contribution >= 0.6 is 0 Å². The van der Waals surface area contributed by atoms with Crippen LogP contribution in [0.1, 0.15) is 145 Å². The number of hydrogen-bond acceptors (Lipinski definition) is 0. The van der Waals surface area contributed by atoms with E-state index >= 15 is 0 Å². The molecule has 0 heterocycles. The average Bonchev–Trinajstić information content (AvgIpc) is 3.97. The molecule has 0 radical (unpaired) electrons. The van der Waals surface area contributed by atoms with E-state index in [1.54, 1.807) is 0 Å². The Kier molecular flexibility index (Phi) is 9.95. The van der Waals surface area contributed by atoms with Crippen LogP contribution in [0.15, 0.2) is 158 Å². The molecule has 3 aliphatic rings. The third-order valence-electron chi connectivity index (χ3n) is 19.3. The van der Waals surface area contributed by atoms with E-state index in [2.05, 4.69) is 227 Å². The van der Waals surface area contributed by atoms with E-state index in [9.17, 15) is 0 Å². The lowest BCUT2D eigenvalue weighted by Crippen LogP contribution is -2.23. The summed E-state index contributed by atoms with van der Waals surface area (Å²) >= 11 is 0. The summed E-state index contributed by atoms with van der Waals surface area (Å²) in [5.74, 6) is 0. The van der Waals surface area contributed by atoms with Gasteiger partial charge in [-0.1, -0.05) is 195 Å². The van der Waals surface area contributed by atoms with E-state index in [0.717, 1.165) is 38.5 Å². The van der Waals surface area contributed by atoms with Gasteiger partial charge in [-0.25, -0.2) is 0 Å². The molecular formula is C72H68. The van der Waals surface area contributed by atoms with Gasteiger partial charge in [-0.2, -0.15) is 0 Å². The van der Waals surface area contributed by atoms with Crippen LogP contribution in [-0.2, 0) is 21.7 Å². The van der Waals surface area contributed by atoms with Crippen molar-refractivity contribution in [1.82, 2.24) is 0 Å². The number of hydrogen-bond donors (Lipinski definition) is 0.